The monoisotopic (exact) mass is 551 g/mol. The zero-order chi connectivity index (χ0) is 28.7. The van der Waals surface area contributed by atoms with Gasteiger partial charge in [0.25, 0.3) is 5.91 Å². The van der Waals surface area contributed by atoms with Gasteiger partial charge in [0.1, 0.15) is 18.2 Å². The average molecular weight is 552 g/mol. The summed E-state index contributed by atoms with van der Waals surface area (Å²) in [6, 6.07) is 11.0. The van der Waals surface area contributed by atoms with E-state index < -0.39 is 35.5 Å². The van der Waals surface area contributed by atoms with Crippen LogP contribution in [0.5, 0.6) is 5.88 Å². The van der Waals surface area contributed by atoms with Gasteiger partial charge in [-0.15, -0.1) is 0 Å². The minimum absolute atomic E-state index is 0.125. The van der Waals surface area contributed by atoms with Gasteiger partial charge in [0.2, 0.25) is 5.88 Å². The number of ether oxygens (including phenoxy) is 1. The lowest BCUT2D eigenvalue weighted by Crippen LogP contribution is -2.14. The molecule has 0 bridgehead atoms. The molecule has 11 heteroatoms. The van der Waals surface area contributed by atoms with Crippen molar-refractivity contribution in [3.05, 3.63) is 111 Å². The van der Waals surface area contributed by atoms with Gasteiger partial charge in [0.15, 0.2) is 11.6 Å². The highest BCUT2D eigenvalue weighted by atomic mass is 19.2. The smallest absolute Gasteiger partial charge is 0.259 e. The van der Waals surface area contributed by atoms with Crippen LogP contribution in [0.15, 0.2) is 48.5 Å². The molecule has 3 heterocycles. The second-order valence-electron chi connectivity index (χ2n) is 9.52. The van der Waals surface area contributed by atoms with E-state index in [-0.39, 0.29) is 17.3 Å². The van der Waals surface area contributed by atoms with Crippen LogP contribution in [0.3, 0.4) is 0 Å². The van der Waals surface area contributed by atoms with E-state index in [4.69, 9.17) is 4.74 Å². The summed E-state index contributed by atoms with van der Waals surface area (Å²) in [6.45, 7) is 6.83. The third-order valence-electron chi connectivity index (χ3n) is 6.62. The minimum atomic E-state index is -1.33. The first-order chi connectivity index (χ1) is 19.0. The van der Waals surface area contributed by atoms with E-state index in [1.165, 1.54) is 16.6 Å². The third kappa shape index (κ3) is 5.02. The van der Waals surface area contributed by atoms with Crippen molar-refractivity contribution in [3.8, 4) is 5.88 Å². The number of nitrogens with one attached hydrogen (secondary N) is 1. The molecule has 40 heavy (non-hydrogen) atoms. The number of anilines is 1. The lowest BCUT2D eigenvalue weighted by Gasteiger charge is -2.11. The predicted molar refractivity (Wildman–Crippen MR) is 140 cm³/mol. The van der Waals surface area contributed by atoms with Gasteiger partial charge in [-0.1, -0.05) is 12.1 Å². The zero-order valence-electron chi connectivity index (χ0n) is 22.2. The molecule has 5 aromatic rings. The molecule has 0 fully saturated rings. The van der Waals surface area contributed by atoms with Gasteiger partial charge in [0, 0.05) is 6.07 Å². The van der Waals surface area contributed by atoms with E-state index in [9.17, 15) is 22.4 Å². The maximum absolute atomic E-state index is 14.2. The maximum atomic E-state index is 14.2. The van der Waals surface area contributed by atoms with Gasteiger partial charge in [0.05, 0.1) is 46.0 Å². The Morgan fingerprint density at radius 2 is 1.60 bits per heavy atom. The number of rotatable bonds is 7. The zero-order valence-corrected chi connectivity index (χ0v) is 22.2. The highest BCUT2D eigenvalue weighted by Crippen LogP contribution is 2.27. The molecule has 0 unspecified atom stereocenters. The molecule has 2 aromatic carbocycles. The molecule has 206 valence electrons. The number of hydrogen-bond donors (Lipinski definition) is 1. The van der Waals surface area contributed by atoms with Crippen molar-refractivity contribution in [1.82, 2.24) is 19.4 Å². The number of halogens is 4. The molecule has 3 aromatic heterocycles. The molecule has 0 aliphatic carbocycles. The molecular weight excluding hydrogens is 526 g/mol. The number of aromatic nitrogens is 4. The predicted octanol–water partition coefficient (Wildman–Crippen LogP) is 6.20. The number of benzene rings is 2. The fraction of sp³-hybridized carbons (Fsp3) is 0.207. The van der Waals surface area contributed by atoms with Gasteiger partial charge in [-0.2, -0.15) is 14.7 Å². The van der Waals surface area contributed by atoms with E-state index in [0.717, 1.165) is 11.6 Å². The largest absolute Gasteiger partial charge is 0.473 e. The van der Waals surface area contributed by atoms with Gasteiger partial charge in [-0.3, -0.25) is 9.48 Å². The summed E-state index contributed by atoms with van der Waals surface area (Å²) >= 11 is 0. The van der Waals surface area contributed by atoms with Crippen LogP contribution in [0.4, 0.5) is 23.2 Å². The highest BCUT2D eigenvalue weighted by molar-refractivity contribution is 6.10. The molecule has 0 spiro atoms. The van der Waals surface area contributed by atoms with Crippen LogP contribution in [0.25, 0.3) is 5.52 Å². The quantitative estimate of drug-likeness (QED) is 0.193. The van der Waals surface area contributed by atoms with E-state index in [2.05, 4.69) is 15.5 Å². The van der Waals surface area contributed by atoms with Crippen molar-refractivity contribution in [2.45, 2.75) is 40.8 Å². The van der Waals surface area contributed by atoms with Crippen LogP contribution < -0.4 is 10.1 Å². The van der Waals surface area contributed by atoms with Crippen molar-refractivity contribution in [2.75, 3.05) is 5.32 Å². The summed E-state index contributed by atoms with van der Waals surface area (Å²) in [5.74, 6) is -4.09. The van der Waals surface area contributed by atoms with E-state index in [1.807, 2.05) is 6.92 Å². The van der Waals surface area contributed by atoms with Crippen LogP contribution in [-0.2, 0) is 13.2 Å². The van der Waals surface area contributed by atoms with Crippen LogP contribution >= 0.6 is 0 Å². The van der Waals surface area contributed by atoms with Gasteiger partial charge in [-0.05, 0) is 69.2 Å². The van der Waals surface area contributed by atoms with Crippen LogP contribution in [0, 0.1) is 51.0 Å². The first-order valence-corrected chi connectivity index (χ1v) is 12.4. The Balaban J connectivity index is 1.43. The van der Waals surface area contributed by atoms with E-state index in [1.54, 1.807) is 49.7 Å². The third-order valence-corrected chi connectivity index (χ3v) is 6.62. The second-order valence-corrected chi connectivity index (χ2v) is 9.52. The normalized spacial score (nSPS) is 11.3. The number of carbonyl (C=O) groups is 1. The summed E-state index contributed by atoms with van der Waals surface area (Å²) in [4.78, 5) is 13.5. The Morgan fingerprint density at radius 3 is 2.33 bits per heavy atom. The van der Waals surface area contributed by atoms with E-state index in [0.29, 0.717) is 46.5 Å². The second kappa shape index (κ2) is 10.5. The van der Waals surface area contributed by atoms with Crippen LogP contribution in [0.1, 0.15) is 44.1 Å². The van der Waals surface area contributed by atoms with Crippen molar-refractivity contribution >= 4 is 17.1 Å². The van der Waals surface area contributed by atoms with Crippen LogP contribution in [-0.4, -0.2) is 25.3 Å². The van der Waals surface area contributed by atoms with Crippen LogP contribution in [0.2, 0.25) is 0 Å². The Labute approximate surface area is 227 Å². The molecule has 0 saturated heterocycles. The molecule has 5 rings (SSSR count). The van der Waals surface area contributed by atoms with Gasteiger partial charge >= 0.3 is 0 Å². The van der Waals surface area contributed by atoms with Crippen molar-refractivity contribution < 1.29 is 27.1 Å². The molecule has 0 radical (unpaired) electrons. The summed E-state index contributed by atoms with van der Waals surface area (Å²) in [6.07, 6.45) is 0. The number of nitrogens with zero attached hydrogens (tertiary/aromatic N) is 4. The molecule has 0 saturated carbocycles. The van der Waals surface area contributed by atoms with Crippen molar-refractivity contribution in [1.29, 1.82) is 0 Å². The first kappa shape index (κ1) is 26.9. The number of pyridine rings is 1. The lowest BCUT2D eigenvalue weighted by atomic mass is 10.1. The molecule has 0 atom stereocenters. The van der Waals surface area contributed by atoms with Crippen molar-refractivity contribution in [2.24, 2.45) is 0 Å². The summed E-state index contributed by atoms with van der Waals surface area (Å²) in [5.41, 5.74) is 3.93. The Bertz CT molecular complexity index is 1760. The number of aryl methyl sites for hydroxylation is 3. The minimum Gasteiger partial charge on any atom is -0.473 e. The van der Waals surface area contributed by atoms with E-state index >= 15 is 0 Å². The number of hydrogen-bond acceptors (Lipinski definition) is 4. The highest BCUT2D eigenvalue weighted by Gasteiger charge is 2.23. The fourth-order valence-corrected chi connectivity index (χ4v) is 4.56. The standard InChI is InChI=1S/C29H25F4N5O2/c1-15-11-24-26(16(2)36-38(24)25(12-15)40-14-21-22(31)9-10-23(32)27(21)33)29(39)34-28-17(3)35-37(18(28)4)13-19-5-7-20(30)8-6-19/h5-12H,13-14H2,1-4H3,(H,34,39). The number of amides is 1. The summed E-state index contributed by atoms with van der Waals surface area (Å²) in [5, 5.41) is 11.9. The topological polar surface area (TPSA) is 73.5 Å². The first-order valence-electron chi connectivity index (χ1n) is 12.4. The Morgan fingerprint density at radius 1 is 0.900 bits per heavy atom. The molecule has 0 aliphatic heterocycles. The summed E-state index contributed by atoms with van der Waals surface area (Å²) in [7, 11) is 0. The molecule has 7 nitrogen and oxygen atoms in total. The summed E-state index contributed by atoms with van der Waals surface area (Å²) < 4.78 is 63.9. The van der Waals surface area contributed by atoms with Gasteiger partial charge in [-0.25, -0.2) is 17.6 Å². The number of carbonyl (C=O) groups excluding carboxylic acids is 1. The molecule has 1 amide bonds. The fourth-order valence-electron chi connectivity index (χ4n) is 4.56. The Kier molecular flexibility index (Phi) is 7.05. The van der Waals surface area contributed by atoms with Crippen molar-refractivity contribution in [3.63, 3.8) is 0 Å². The maximum Gasteiger partial charge on any atom is 0.259 e. The average Bonchev–Trinajstić information content (AvgIpc) is 3.37. The number of fused-ring (bicyclic) bond motifs is 1. The molecular formula is C29H25F4N5O2. The SMILES string of the molecule is Cc1cc(OCc2c(F)ccc(F)c2F)n2nc(C)c(C(=O)Nc3c(C)nn(Cc4ccc(F)cc4)c3C)c2c1. The lowest BCUT2D eigenvalue weighted by molar-refractivity contribution is 0.102. The molecule has 1 N–H and O–H groups in total. The van der Waals surface area contributed by atoms with Gasteiger partial charge < -0.3 is 10.1 Å². The Hall–Kier alpha value is -4.67. The molecule has 0 aliphatic rings.